The van der Waals surface area contributed by atoms with Crippen LogP contribution in [0.3, 0.4) is 0 Å². The smallest absolute Gasteiger partial charge is 0.209 e. The molecule has 8 heteroatoms. The summed E-state index contributed by atoms with van der Waals surface area (Å²) in [6.45, 7) is 0. The fourth-order valence-corrected chi connectivity index (χ4v) is 4.49. The van der Waals surface area contributed by atoms with Gasteiger partial charge in [0.1, 0.15) is 17.0 Å². The van der Waals surface area contributed by atoms with E-state index in [2.05, 4.69) is 24.7 Å². The van der Waals surface area contributed by atoms with Crippen molar-refractivity contribution in [2.45, 2.75) is 38.1 Å². The van der Waals surface area contributed by atoms with Crippen LogP contribution in [0.15, 0.2) is 18.5 Å². The summed E-state index contributed by atoms with van der Waals surface area (Å²) in [7, 11) is -3.32. The van der Waals surface area contributed by atoms with Crippen LogP contribution in [0.5, 0.6) is 0 Å². The van der Waals surface area contributed by atoms with E-state index in [-0.39, 0.29) is 12.0 Å². The monoisotopic (exact) mass is 347 g/mol. The molecule has 4 rings (SSSR count). The first-order valence-electron chi connectivity index (χ1n) is 8.30. The normalized spacial score (nSPS) is 18.4. The molecule has 1 unspecified atom stereocenters. The van der Waals surface area contributed by atoms with Crippen LogP contribution >= 0.6 is 0 Å². The maximum Gasteiger partial charge on any atom is 0.209 e. The van der Waals surface area contributed by atoms with Gasteiger partial charge in [-0.3, -0.25) is 0 Å². The summed E-state index contributed by atoms with van der Waals surface area (Å²) in [4.78, 5) is 15.4. The second-order valence-corrected chi connectivity index (χ2v) is 8.43. The highest BCUT2D eigenvalue weighted by Crippen LogP contribution is 2.35. The number of aromatic amines is 2. The number of imidazole rings is 1. The summed E-state index contributed by atoms with van der Waals surface area (Å²) in [6, 6.07) is 1.63. The Morgan fingerprint density at radius 1 is 1.29 bits per heavy atom. The first-order valence-corrected chi connectivity index (χ1v) is 10.2. The van der Waals surface area contributed by atoms with Crippen molar-refractivity contribution in [1.29, 1.82) is 0 Å². The molecular formula is C16H21N5O2S. The van der Waals surface area contributed by atoms with Crippen molar-refractivity contribution in [2.75, 3.05) is 6.26 Å². The molecule has 0 saturated heterocycles. The highest BCUT2D eigenvalue weighted by Gasteiger charge is 2.30. The molecule has 24 heavy (non-hydrogen) atoms. The van der Waals surface area contributed by atoms with Gasteiger partial charge in [-0.1, -0.05) is 19.3 Å². The maximum absolute atomic E-state index is 11.9. The molecule has 1 atom stereocenters. The van der Waals surface area contributed by atoms with Crippen LogP contribution in [-0.4, -0.2) is 34.6 Å². The molecule has 0 spiro atoms. The number of H-pyrrole nitrogens is 2. The van der Waals surface area contributed by atoms with Gasteiger partial charge in [0.2, 0.25) is 10.0 Å². The van der Waals surface area contributed by atoms with Crippen LogP contribution < -0.4 is 4.72 Å². The Labute approximate surface area is 140 Å². The molecule has 0 bridgehead atoms. The Morgan fingerprint density at radius 2 is 2.08 bits per heavy atom. The third-order valence-corrected chi connectivity index (χ3v) is 5.50. The molecule has 1 fully saturated rings. The van der Waals surface area contributed by atoms with Crippen LogP contribution in [0.2, 0.25) is 0 Å². The van der Waals surface area contributed by atoms with E-state index in [1.807, 2.05) is 12.3 Å². The lowest BCUT2D eigenvalue weighted by atomic mass is 9.84. The van der Waals surface area contributed by atoms with Gasteiger partial charge in [0.05, 0.1) is 24.0 Å². The fourth-order valence-electron chi connectivity index (χ4n) is 3.72. The van der Waals surface area contributed by atoms with Crippen LogP contribution in [0.4, 0.5) is 0 Å². The Balaban J connectivity index is 1.79. The van der Waals surface area contributed by atoms with Gasteiger partial charge in [-0.25, -0.2) is 23.1 Å². The van der Waals surface area contributed by atoms with E-state index in [4.69, 9.17) is 0 Å². The molecule has 3 aromatic rings. The molecule has 3 heterocycles. The van der Waals surface area contributed by atoms with Gasteiger partial charge in [0.15, 0.2) is 0 Å². The Morgan fingerprint density at radius 3 is 2.83 bits per heavy atom. The molecule has 1 aliphatic rings. The number of sulfonamides is 1. The third-order valence-electron chi connectivity index (χ3n) is 4.82. The number of pyridine rings is 1. The summed E-state index contributed by atoms with van der Waals surface area (Å²) in [5.74, 6) is 0.946. The molecule has 3 aromatic heterocycles. The predicted molar refractivity (Wildman–Crippen MR) is 93.0 cm³/mol. The van der Waals surface area contributed by atoms with Crippen LogP contribution in [-0.2, 0) is 10.0 Å². The SMILES string of the molecule is CS(=O)(=O)NC(c1nc2cnc3[nH]ccc3c2[nH]1)C1CCCCC1. The van der Waals surface area contributed by atoms with E-state index in [9.17, 15) is 8.42 Å². The molecule has 0 radical (unpaired) electrons. The van der Waals surface area contributed by atoms with Crippen molar-refractivity contribution in [3.63, 3.8) is 0 Å². The zero-order valence-corrected chi connectivity index (χ0v) is 14.4. The number of fused-ring (bicyclic) bond motifs is 3. The van der Waals surface area contributed by atoms with Crippen LogP contribution in [0, 0.1) is 5.92 Å². The van der Waals surface area contributed by atoms with Crippen LogP contribution in [0.25, 0.3) is 22.1 Å². The molecule has 1 aliphatic carbocycles. The highest BCUT2D eigenvalue weighted by molar-refractivity contribution is 7.88. The number of nitrogens with one attached hydrogen (secondary N) is 3. The summed E-state index contributed by atoms with van der Waals surface area (Å²) in [5, 5.41) is 0.966. The van der Waals surface area contributed by atoms with Gasteiger partial charge in [-0.15, -0.1) is 0 Å². The van der Waals surface area contributed by atoms with Gasteiger partial charge in [0.25, 0.3) is 0 Å². The second-order valence-electron chi connectivity index (χ2n) is 6.65. The number of nitrogens with zero attached hydrogens (tertiary/aromatic N) is 2. The lowest BCUT2D eigenvalue weighted by molar-refractivity contribution is 0.287. The molecule has 0 amide bonds. The minimum atomic E-state index is -3.32. The molecule has 7 nitrogen and oxygen atoms in total. The Kier molecular flexibility index (Phi) is 3.80. The van der Waals surface area contributed by atoms with Crippen molar-refractivity contribution in [2.24, 2.45) is 5.92 Å². The van der Waals surface area contributed by atoms with Gasteiger partial charge in [-0.2, -0.15) is 0 Å². The molecule has 1 saturated carbocycles. The van der Waals surface area contributed by atoms with Crippen molar-refractivity contribution in [3.05, 3.63) is 24.3 Å². The van der Waals surface area contributed by atoms with E-state index in [0.717, 1.165) is 47.8 Å². The van der Waals surface area contributed by atoms with Gasteiger partial charge < -0.3 is 9.97 Å². The average Bonchev–Trinajstić information content (AvgIpc) is 3.18. The number of hydrogen-bond donors (Lipinski definition) is 3. The molecular weight excluding hydrogens is 326 g/mol. The summed E-state index contributed by atoms with van der Waals surface area (Å²) in [6.07, 6.45) is 10.3. The summed E-state index contributed by atoms with van der Waals surface area (Å²) >= 11 is 0. The lowest BCUT2D eigenvalue weighted by Gasteiger charge is -2.29. The van der Waals surface area contributed by atoms with Crippen molar-refractivity contribution in [1.82, 2.24) is 24.7 Å². The van der Waals surface area contributed by atoms with Crippen LogP contribution in [0.1, 0.15) is 44.0 Å². The summed E-state index contributed by atoms with van der Waals surface area (Å²) in [5.41, 5.74) is 2.45. The van der Waals surface area contributed by atoms with Gasteiger partial charge in [-0.05, 0) is 24.8 Å². The topological polar surface area (TPSA) is 104 Å². The van der Waals surface area contributed by atoms with E-state index in [1.54, 1.807) is 6.20 Å². The number of rotatable bonds is 4. The number of aromatic nitrogens is 4. The second kappa shape index (κ2) is 5.86. The molecule has 3 N–H and O–H groups in total. The van der Waals surface area contributed by atoms with Crippen molar-refractivity contribution >= 4 is 32.1 Å². The first-order chi connectivity index (χ1) is 11.5. The number of hydrogen-bond acceptors (Lipinski definition) is 4. The molecule has 0 aromatic carbocycles. The Hall–Kier alpha value is -1.93. The van der Waals surface area contributed by atoms with E-state index >= 15 is 0 Å². The van der Waals surface area contributed by atoms with E-state index in [0.29, 0.717) is 5.82 Å². The molecule has 0 aliphatic heterocycles. The largest absolute Gasteiger partial charge is 0.346 e. The van der Waals surface area contributed by atoms with Crippen molar-refractivity contribution in [3.8, 4) is 0 Å². The zero-order valence-electron chi connectivity index (χ0n) is 13.5. The average molecular weight is 347 g/mol. The highest BCUT2D eigenvalue weighted by atomic mass is 32.2. The standard InChI is InChI=1S/C16H21N5O2S/c1-24(22,23)21-13(10-5-3-2-4-6-10)16-19-12-9-18-15-11(7-8-17-15)14(12)20-16/h7-10,13,21H,2-6H2,1H3,(H,17,18)(H,19,20). The summed E-state index contributed by atoms with van der Waals surface area (Å²) < 4.78 is 26.5. The van der Waals surface area contributed by atoms with E-state index in [1.165, 1.54) is 12.7 Å². The minimum absolute atomic E-state index is 0.267. The lowest BCUT2D eigenvalue weighted by Crippen LogP contribution is -2.34. The predicted octanol–water partition coefficient (Wildman–Crippen LogP) is 2.61. The molecule has 128 valence electrons. The van der Waals surface area contributed by atoms with Gasteiger partial charge >= 0.3 is 0 Å². The Bertz CT molecular complexity index is 969. The first kappa shape index (κ1) is 15.6. The zero-order chi connectivity index (χ0) is 16.7. The quantitative estimate of drug-likeness (QED) is 0.675. The fraction of sp³-hybridized carbons (Fsp3) is 0.500. The van der Waals surface area contributed by atoms with E-state index < -0.39 is 10.0 Å². The maximum atomic E-state index is 11.9. The van der Waals surface area contributed by atoms with Gasteiger partial charge in [0, 0.05) is 11.6 Å². The van der Waals surface area contributed by atoms with Crippen molar-refractivity contribution < 1.29 is 8.42 Å². The third kappa shape index (κ3) is 2.91. The minimum Gasteiger partial charge on any atom is -0.346 e.